The first-order chi connectivity index (χ1) is 9.22. The maximum atomic E-state index is 6.04. The number of ether oxygens (including phenoxy) is 2. The SMILES string of the molecule is C=C(C)C/C(=C/C(C)(C)OCC1CO1)[Si](C)(CC)CC. The van der Waals surface area contributed by atoms with Crippen molar-refractivity contribution < 1.29 is 9.47 Å². The standard InChI is InChI=1S/C17H32O2Si/c1-8-20(7,9-2)16(10-14(3)4)11-17(5,6)19-13-15-12-18-15/h11,15H,3,8-10,12-13H2,1-2,4-7H3/b16-11-. The van der Waals surface area contributed by atoms with Crippen LogP contribution in [0.25, 0.3) is 0 Å². The molecule has 3 heteroatoms. The molecule has 2 nitrogen and oxygen atoms in total. The van der Waals surface area contributed by atoms with Crippen molar-refractivity contribution in [3.8, 4) is 0 Å². The molecule has 1 aliphatic rings. The van der Waals surface area contributed by atoms with Crippen LogP contribution in [0.3, 0.4) is 0 Å². The molecule has 1 heterocycles. The Morgan fingerprint density at radius 1 is 1.40 bits per heavy atom. The van der Waals surface area contributed by atoms with Gasteiger partial charge in [-0.05, 0) is 27.2 Å². The van der Waals surface area contributed by atoms with Gasteiger partial charge in [-0.15, -0.1) is 0 Å². The average Bonchev–Trinajstić information content (AvgIpc) is 3.18. The summed E-state index contributed by atoms with van der Waals surface area (Å²) in [6.07, 6.45) is 3.73. The van der Waals surface area contributed by atoms with E-state index in [-0.39, 0.29) is 5.60 Å². The Balaban J connectivity index is 2.88. The Labute approximate surface area is 126 Å². The predicted octanol–water partition coefficient (Wildman–Crippen LogP) is 4.73. The molecule has 1 saturated heterocycles. The summed E-state index contributed by atoms with van der Waals surface area (Å²) in [5, 5.41) is 1.59. The first-order valence-electron chi connectivity index (χ1n) is 7.84. The highest BCUT2D eigenvalue weighted by Crippen LogP contribution is 2.31. The molecule has 20 heavy (non-hydrogen) atoms. The van der Waals surface area contributed by atoms with Crippen molar-refractivity contribution in [2.24, 2.45) is 0 Å². The minimum Gasteiger partial charge on any atom is -0.371 e. The number of rotatable bonds is 9. The monoisotopic (exact) mass is 296 g/mol. The van der Waals surface area contributed by atoms with E-state index >= 15 is 0 Å². The summed E-state index contributed by atoms with van der Waals surface area (Å²) in [5.74, 6) is 0. The predicted molar refractivity (Wildman–Crippen MR) is 89.9 cm³/mol. The van der Waals surface area contributed by atoms with Crippen LogP contribution in [0.15, 0.2) is 23.4 Å². The summed E-state index contributed by atoms with van der Waals surface area (Å²) in [7, 11) is -1.35. The molecule has 0 bridgehead atoms. The molecule has 1 atom stereocenters. The van der Waals surface area contributed by atoms with E-state index in [0.29, 0.717) is 12.7 Å². The highest BCUT2D eigenvalue weighted by atomic mass is 28.3. The molecule has 1 rings (SSSR count). The van der Waals surface area contributed by atoms with Crippen molar-refractivity contribution in [1.82, 2.24) is 0 Å². The minimum absolute atomic E-state index is 0.213. The van der Waals surface area contributed by atoms with Gasteiger partial charge < -0.3 is 9.47 Å². The van der Waals surface area contributed by atoms with Gasteiger partial charge in [0.2, 0.25) is 0 Å². The Morgan fingerprint density at radius 2 is 1.95 bits per heavy atom. The molecule has 0 aromatic rings. The smallest absolute Gasteiger partial charge is 0.104 e. The molecular weight excluding hydrogens is 264 g/mol. The van der Waals surface area contributed by atoms with E-state index in [9.17, 15) is 0 Å². The molecule has 0 saturated carbocycles. The fourth-order valence-corrected chi connectivity index (χ4v) is 5.23. The van der Waals surface area contributed by atoms with E-state index in [1.54, 1.807) is 5.20 Å². The lowest BCUT2D eigenvalue weighted by Crippen LogP contribution is -2.35. The topological polar surface area (TPSA) is 21.8 Å². The third kappa shape index (κ3) is 5.55. The van der Waals surface area contributed by atoms with Crippen LogP contribution in [-0.4, -0.2) is 33.0 Å². The third-order valence-electron chi connectivity index (χ3n) is 4.39. The van der Waals surface area contributed by atoms with Crippen molar-refractivity contribution in [3.63, 3.8) is 0 Å². The van der Waals surface area contributed by atoms with E-state index in [4.69, 9.17) is 9.47 Å². The zero-order chi connectivity index (χ0) is 15.4. The van der Waals surface area contributed by atoms with Crippen molar-refractivity contribution in [3.05, 3.63) is 23.4 Å². The average molecular weight is 297 g/mol. The van der Waals surface area contributed by atoms with Crippen LogP contribution in [0.4, 0.5) is 0 Å². The highest BCUT2D eigenvalue weighted by Gasteiger charge is 2.31. The van der Waals surface area contributed by atoms with Gasteiger partial charge in [-0.1, -0.05) is 55.9 Å². The quantitative estimate of drug-likeness (QED) is 0.348. The van der Waals surface area contributed by atoms with Crippen LogP contribution < -0.4 is 0 Å². The summed E-state index contributed by atoms with van der Waals surface area (Å²) in [5.41, 5.74) is 1.04. The van der Waals surface area contributed by atoms with E-state index in [0.717, 1.165) is 13.0 Å². The summed E-state index contributed by atoms with van der Waals surface area (Å²) < 4.78 is 11.3. The third-order valence-corrected chi connectivity index (χ3v) is 9.39. The zero-order valence-electron chi connectivity index (χ0n) is 14.2. The fraction of sp³-hybridized carbons (Fsp3) is 0.765. The lowest BCUT2D eigenvalue weighted by molar-refractivity contribution is 0.0105. The molecular formula is C17H32O2Si. The maximum absolute atomic E-state index is 6.04. The number of epoxide rings is 1. The second-order valence-corrected chi connectivity index (χ2v) is 12.1. The van der Waals surface area contributed by atoms with Crippen molar-refractivity contribution >= 4 is 8.07 Å². The molecule has 1 aliphatic heterocycles. The zero-order valence-corrected chi connectivity index (χ0v) is 15.2. The second kappa shape index (κ2) is 7.06. The molecule has 0 radical (unpaired) electrons. The maximum Gasteiger partial charge on any atom is 0.104 e. The molecule has 0 spiro atoms. The van der Waals surface area contributed by atoms with Crippen molar-refractivity contribution in [1.29, 1.82) is 0 Å². The second-order valence-electron chi connectivity index (χ2n) is 6.94. The Kier molecular flexibility index (Phi) is 6.23. The Hall–Kier alpha value is -0.383. The van der Waals surface area contributed by atoms with Gasteiger partial charge in [0.05, 0.1) is 26.9 Å². The fourth-order valence-electron chi connectivity index (χ4n) is 2.40. The number of allylic oxidation sites excluding steroid dienone is 2. The van der Waals surface area contributed by atoms with Gasteiger partial charge >= 0.3 is 0 Å². The lowest BCUT2D eigenvalue weighted by Gasteiger charge is -2.32. The number of hydrogen-bond donors (Lipinski definition) is 0. The summed E-state index contributed by atoms with van der Waals surface area (Å²) >= 11 is 0. The molecule has 0 aromatic heterocycles. The first kappa shape index (κ1) is 17.7. The molecule has 0 amide bonds. The van der Waals surface area contributed by atoms with Crippen LogP contribution in [-0.2, 0) is 9.47 Å². The van der Waals surface area contributed by atoms with E-state index in [1.165, 1.54) is 17.7 Å². The van der Waals surface area contributed by atoms with Crippen LogP contribution in [0.2, 0.25) is 18.6 Å². The summed E-state index contributed by atoms with van der Waals surface area (Å²) in [4.78, 5) is 0. The van der Waals surface area contributed by atoms with Crippen LogP contribution in [0, 0.1) is 0 Å². The van der Waals surface area contributed by atoms with Crippen LogP contribution >= 0.6 is 0 Å². The van der Waals surface area contributed by atoms with Crippen LogP contribution in [0.5, 0.6) is 0 Å². The highest BCUT2D eigenvalue weighted by molar-refractivity contribution is 6.85. The lowest BCUT2D eigenvalue weighted by atomic mass is 10.1. The molecule has 1 unspecified atom stereocenters. The van der Waals surface area contributed by atoms with E-state index in [2.05, 4.69) is 53.8 Å². The largest absolute Gasteiger partial charge is 0.371 e. The Bertz CT molecular complexity index is 363. The van der Waals surface area contributed by atoms with Gasteiger partial charge in [0.1, 0.15) is 6.10 Å². The van der Waals surface area contributed by atoms with E-state index in [1.807, 2.05) is 0 Å². The van der Waals surface area contributed by atoms with E-state index < -0.39 is 8.07 Å². The normalized spacial score (nSPS) is 20.1. The van der Waals surface area contributed by atoms with Gasteiger partial charge in [-0.3, -0.25) is 0 Å². The van der Waals surface area contributed by atoms with Gasteiger partial charge in [0.25, 0.3) is 0 Å². The van der Waals surface area contributed by atoms with Gasteiger partial charge in [-0.25, -0.2) is 0 Å². The van der Waals surface area contributed by atoms with Gasteiger partial charge in [-0.2, -0.15) is 0 Å². The molecule has 1 fully saturated rings. The van der Waals surface area contributed by atoms with Crippen molar-refractivity contribution in [2.45, 2.75) is 71.4 Å². The molecule has 0 aliphatic carbocycles. The molecule has 0 aromatic carbocycles. The molecule has 0 N–H and O–H groups in total. The Morgan fingerprint density at radius 3 is 2.35 bits per heavy atom. The van der Waals surface area contributed by atoms with Crippen molar-refractivity contribution in [2.75, 3.05) is 13.2 Å². The minimum atomic E-state index is -1.35. The molecule has 116 valence electrons. The number of hydrogen-bond acceptors (Lipinski definition) is 2. The van der Waals surface area contributed by atoms with Gasteiger partial charge in [0, 0.05) is 0 Å². The summed E-state index contributed by atoms with van der Waals surface area (Å²) in [6.45, 7) is 19.3. The summed E-state index contributed by atoms with van der Waals surface area (Å²) in [6, 6.07) is 2.56. The first-order valence-corrected chi connectivity index (χ1v) is 10.8. The van der Waals surface area contributed by atoms with Gasteiger partial charge in [0.15, 0.2) is 0 Å². The van der Waals surface area contributed by atoms with Crippen LogP contribution in [0.1, 0.15) is 41.0 Å².